The zero-order chi connectivity index (χ0) is 17.2. The van der Waals surface area contributed by atoms with Crippen molar-refractivity contribution in [1.82, 2.24) is 0 Å². The van der Waals surface area contributed by atoms with Crippen molar-refractivity contribution in [1.29, 1.82) is 0 Å². The van der Waals surface area contributed by atoms with E-state index in [2.05, 4.69) is 5.32 Å². The maximum absolute atomic E-state index is 13.5. The van der Waals surface area contributed by atoms with Gasteiger partial charge >= 0.3 is 5.97 Å². The van der Waals surface area contributed by atoms with Crippen LogP contribution in [-0.2, 0) is 19.7 Å². The molecule has 1 fully saturated rings. The van der Waals surface area contributed by atoms with Crippen LogP contribution in [0.3, 0.4) is 0 Å². The quantitative estimate of drug-likeness (QED) is 0.839. The van der Waals surface area contributed by atoms with Crippen molar-refractivity contribution in [2.75, 3.05) is 11.9 Å². The molecule has 24 heavy (non-hydrogen) atoms. The first-order valence-corrected chi connectivity index (χ1v) is 7.87. The molecule has 1 aliphatic carbocycles. The minimum atomic E-state index is -0.692. The molecule has 4 nitrogen and oxygen atoms in total. The van der Waals surface area contributed by atoms with Crippen LogP contribution in [0.5, 0.6) is 0 Å². The van der Waals surface area contributed by atoms with Gasteiger partial charge in [-0.05, 0) is 42.7 Å². The predicted molar refractivity (Wildman–Crippen MR) is 88.4 cm³/mol. The van der Waals surface area contributed by atoms with Gasteiger partial charge in [0, 0.05) is 5.02 Å². The van der Waals surface area contributed by atoms with E-state index in [4.69, 9.17) is 16.3 Å². The molecule has 0 saturated heterocycles. The van der Waals surface area contributed by atoms with E-state index in [0.29, 0.717) is 17.9 Å². The average Bonchev–Trinajstić information content (AvgIpc) is 3.37. The van der Waals surface area contributed by atoms with Gasteiger partial charge < -0.3 is 10.1 Å². The van der Waals surface area contributed by atoms with Gasteiger partial charge in [0.25, 0.3) is 5.91 Å². The summed E-state index contributed by atoms with van der Waals surface area (Å²) in [6.45, 7) is -0.456. The van der Waals surface area contributed by atoms with Gasteiger partial charge in [-0.1, -0.05) is 35.9 Å². The molecule has 0 atom stereocenters. The number of benzene rings is 2. The second-order valence-electron chi connectivity index (χ2n) is 5.69. The zero-order valence-corrected chi connectivity index (χ0v) is 13.5. The first-order chi connectivity index (χ1) is 11.5. The Balaban J connectivity index is 1.58. The smallest absolute Gasteiger partial charge is 0.317 e. The second kappa shape index (κ2) is 6.61. The zero-order valence-electron chi connectivity index (χ0n) is 12.7. The van der Waals surface area contributed by atoms with Gasteiger partial charge in [-0.2, -0.15) is 0 Å². The van der Waals surface area contributed by atoms with Crippen molar-refractivity contribution in [3.05, 3.63) is 64.9 Å². The number of esters is 1. The van der Waals surface area contributed by atoms with E-state index in [-0.39, 0.29) is 5.69 Å². The first-order valence-electron chi connectivity index (χ1n) is 7.49. The van der Waals surface area contributed by atoms with Crippen LogP contribution in [-0.4, -0.2) is 18.5 Å². The van der Waals surface area contributed by atoms with Crippen molar-refractivity contribution in [2.45, 2.75) is 18.3 Å². The Morgan fingerprint density at radius 1 is 1.12 bits per heavy atom. The number of amides is 1. The first kappa shape index (κ1) is 16.5. The largest absolute Gasteiger partial charge is 0.455 e. The number of para-hydroxylation sites is 1. The minimum Gasteiger partial charge on any atom is -0.455 e. The summed E-state index contributed by atoms with van der Waals surface area (Å²) in [6, 6.07) is 12.8. The van der Waals surface area contributed by atoms with Crippen LogP contribution in [0.25, 0.3) is 0 Å². The van der Waals surface area contributed by atoms with E-state index in [1.54, 1.807) is 30.3 Å². The summed E-state index contributed by atoms with van der Waals surface area (Å²) in [6.07, 6.45) is 1.34. The highest BCUT2D eigenvalue weighted by Gasteiger charge is 2.52. The topological polar surface area (TPSA) is 55.4 Å². The number of hydrogen-bond acceptors (Lipinski definition) is 3. The molecule has 0 aromatic heterocycles. The number of carbonyl (C=O) groups excluding carboxylic acids is 2. The van der Waals surface area contributed by atoms with Crippen molar-refractivity contribution < 1.29 is 18.7 Å². The summed E-state index contributed by atoms with van der Waals surface area (Å²) in [5.74, 6) is -1.58. The summed E-state index contributed by atoms with van der Waals surface area (Å²) >= 11 is 5.85. The molecule has 0 bridgehead atoms. The maximum atomic E-state index is 13.5. The molecule has 0 radical (unpaired) electrons. The summed E-state index contributed by atoms with van der Waals surface area (Å²) in [5.41, 5.74) is 0.187. The third-order valence-corrected chi connectivity index (χ3v) is 4.27. The third kappa shape index (κ3) is 3.41. The van der Waals surface area contributed by atoms with Crippen molar-refractivity contribution in [3.8, 4) is 0 Å². The molecular formula is C18H15ClFNO3. The van der Waals surface area contributed by atoms with Crippen LogP contribution in [0, 0.1) is 5.82 Å². The van der Waals surface area contributed by atoms with Gasteiger partial charge in [-0.15, -0.1) is 0 Å². The molecule has 3 rings (SSSR count). The molecule has 1 amide bonds. The van der Waals surface area contributed by atoms with E-state index in [9.17, 15) is 14.0 Å². The lowest BCUT2D eigenvalue weighted by Gasteiger charge is -2.15. The predicted octanol–water partition coefficient (Wildman–Crippen LogP) is 3.69. The number of nitrogens with one attached hydrogen (secondary N) is 1. The Morgan fingerprint density at radius 2 is 1.79 bits per heavy atom. The Bertz CT molecular complexity index is 772. The van der Waals surface area contributed by atoms with Gasteiger partial charge in [-0.3, -0.25) is 9.59 Å². The van der Waals surface area contributed by atoms with Gasteiger partial charge in [0.15, 0.2) is 6.61 Å². The lowest BCUT2D eigenvalue weighted by molar-refractivity contribution is -0.150. The molecule has 2 aromatic rings. The van der Waals surface area contributed by atoms with Crippen LogP contribution in [0.15, 0.2) is 48.5 Å². The summed E-state index contributed by atoms with van der Waals surface area (Å²) < 4.78 is 18.6. The Hall–Kier alpha value is -2.40. The van der Waals surface area contributed by atoms with Gasteiger partial charge in [0.2, 0.25) is 0 Å². The number of carbonyl (C=O) groups is 2. The molecular weight excluding hydrogens is 333 g/mol. The lowest BCUT2D eigenvalue weighted by Crippen LogP contribution is -2.28. The normalized spacial score (nSPS) is 14.8. The number of hydrogen-bond donors (Lipinski definition) is 1. The molecule has 1 saturated carbocycles. The van der Waals surface area contributed by atoms with E-state index in [1.165, 1.54) is 18.2 Å². The summed E-state index contributed by atoms with van der Waals surface area (Å²) in [7, 11) is 0. The number of ether oxygens (including phenoxy) is 1. The fourth-order valence-electron chi connectivity index (χ4n) is 2.52. The highest BCUT2D eigenvalue weighted by molar-refractivity contribution is 6.30. The fraction of sp³-hybridized carbons (Fsp3) is 0.222. The number of halogens is 2. The van der Waals surface area contributed by atoms with Crippen molar-refractivity contribution in [3.63, 3.8) is 0 Å². The summed E-state index contributed by atoms with van der Waals surface area (Å²) in [5, 5.41) is 2.97. The number of anilines is 1. The SMILES string of the molecule is O=C(COC(=O)C1(c2ccc(Cl)cc2)CC1)Nc1ccccc1F. The average molecular weight is 348 g/mol. The van der Waals surface area contributed by atoms with Crippen LogP contribution in [0.4, 0.5) is 10.1 Å². The van der Waals surface area contributed by atoms with Gasteiger partial charge in [0.05, 0.1) is 11.1 Å². The number of rotatable bonds is 5. The molecule has 0 aliphatic heterocycles. The van der Waals surface area contributed by atoms with E-state index >= 15 is 0 Å². The Labute approximate surface area is 143 Å². The molecule has 6 heteroatoms. The molecule has 0 heterocycles. The lowest BCUT2D eigenvalue weighted by atomic mass is 9.96. The monoisotopic (exact) mass is 347 g/mol. The highest BCUT2D eigenvalue weighted by atomic mass is 35.5. The fourth-order valence-corrected chi connectivity index (χ4v) is 2.65. The highest BCUT2D eigenvalue weighted by Crippen LogP contribution is 2.49. The summed E-state index contributed by atoms with van der Waals surface area (Å²) in [4.78, 5) is 24.2. The van der Waals surface area contributed by atoms with Crippen LogP contribution < -0.4 is 5.32 Å². The van der Waals surface area contributed by atoms with Crippen LogP contribution in [0.2, 0.25) is 5.02 Å². The van der Waals surface area contributed by atoms with E-state index in [0.717, 1.165) is 5.56 Å². The maximum Gasteiger partial charge on any atom is 0.317 e. The van der Waals surface area contributed by atoms with Gasteiger partial charge in [0.1, 0.15) is 5.82 Å². The second-order valence-corrected chi connectivity index (χ2v) is 6.13. The van der Waals surface area contributed by atoms with Crippen LogP contribution >= 0.6 is 11.6 Å². The van der Waals surface area contributed by atoms with Crippen molar-refractivity contribution >= 4 is 29.2 Å². The Kier molecular flexibility index (Phi) is 4.53. The standard InChI is InChI=1S/C18H15ClFNO3/c19-13-7-5-12(6-8-13)18(9-10-18)17(23)24-11-16(22)21-15-4-2-1-3-14(15)20/h1-8H,9-11H2,(H,21,22). The molecule has 2 aromatic carbocycles. The molecule has 1 N–H and O–H groups in total. The van der Waals surface area contributed by atoms with E-state index < -0.39 is 29.7 Å². The molecule has 0 unspecified atom stereocenters. The molecule has 124 valence electrons. The third-order valence-electron chi connectivity index (χ3n) is 4.02. The molecule has 1 aliphatic rings. The van der Waals surface area contributed by atoms with Gasteiger partial charge in [-0.25, -0.2) is 4.39 Å². The van der Waals surface area contributed by atoms with E-state index in [1.807, 2.05) is 0 Å². The minimum absolute atomic E-state index is 0.0531. The molecule has 0 spiro atoms. The van der Waals surface area contributed by atoms with Crippen molar-refractivity contribution in [2.24, 2.45) is 0 Å². The Morgan fingerprint density at radius 3 is 2.42 bits per heavy atom. The van der Waals surface area contributed by atoms with Crippen LogP contribution in [0.1, 0.15) is 18.4 Å².